The number of nitrogens with two attached hydrogens (primary N) is 1. The lowest BCUT2D eigenvalue weighted by molar-refractivity contribution is 0.161. The van der Waals surface area contributed by atoms with Gasteiger partial charge in [0.2, 0.25) is 0 Å². The molecule has 0 amide bonds. The number of halogens is 1. The first-order valence-electron chi connectivity index (χ1n) is 4.15. The monoisotopic (exact) mass is 203 g/mol. The quantitative estimate of drug-likeness (QED) is 0.763. The summed E-state index contributed by atoms with van der Waals surface area (Å²) in [6.45, 7) is 2.24. The lowest BCUT2D eigenvalue weighted by Crippen LogP contribution is -2.10. The highest BCUT2D eigenvalue weighted by Gasteiger charge is 2.17. The van der Waals surface area contributed by atoms with Crippen molar-refractivity contribution < 1.29 is 5.11 Å². The van der Waals surface area contributed by atoms with Crippen molar-refractivity contribution in [1.29, 1.82) is 0 Å². The largest absolute Gasteiger partial charge is 0.387 e. The van der Waals surface area contributed by atoms with Crippen LogP contribution in [0.2, 0.25) is 5.02 Å². The van der Waals surface area contributed by atoms with Crippen molar-refractivity contribution in [3.63, 3.8) is 0 Å². The molecule has 0 aliphatic heterocycles. The summed E-state index contributed by atoms with van der Waals surface area (Å²) in [6.07, 6.45) is -0.123. The maximum Gasteiger partial charge on any atom is 0.0983 e. The van der Waals surface area contributed by atoms with Crippen molar-refractivity contribution in [3.8, 4) is 0 Å². The Morgan fingerprint density at radius 1 is 1.69 bits per heavy atom. The lowest BCUT2D eigenvalue weighted by Gasteiger charge is -2.09. The molecular weight excluding hydrogens is 190 g/mol. The van der Waals surface area contributed by atoms with E-state index in [1.165, 1.54) is 0 Å². The third-order valence-electron chi connectivity index (χ3n) is 1.95. The molecule has 1 aromatic heterocycles. The smallest absolute Gasteiger partial charge is 0.0983 e. The summed E-state index contributed by atoms with van der Waals surface area (Å²) in [4.78, 5) is 0. The van der Waals surface area contributed by atoms with Crippen molar-refractivity contribution in [2.45, 2.75) is 19.4 Å². The number of aromatic nitrogens is 2. The second-order valence-corrected chi connectivity index (χ2v) is 3.38. The minimum Gasteiger partial charge on any atom is -0.387 e. The van der Waals surface area contributed by atoms with E-state index in [9.17, 15) is 5.11 Å². The van der Waals surface area contributed by atoms with E-state index in [-0.39, 0.29) is 0 Å². The molecule has 0 saturated heterocycles. The molecule has 0 aliphatic carbocycles. The fourth-order valence-corrected chi connectivity index (χ4v) is 1.59. The third kappa shape index (κ3) is 2.02. The number of rotatable bonds is 3. The van der Waals surface area contributed by atoms with E-state index in [1.807, 2.05) is 0 Å². The Hall–Kier alpha value is -0.580. The van der Waals surface area contributed by atoms with Gasteiger partial charge in [-0.25, -0.2) is 0 Å². The van der Waals surface area contributed by atoms with Crippen molar-refractivity contribution in [2.75, 3.05) is 6.54 Å². The summed E-state index contributed by atoms with van der Waals surface area (Å²) in [5, 5.41) is 14.3. The van der Waals surface area contributed by atoms with E-state index in [4.69, 9.17) is 17.3 Å². The first-order chi connectivity index (χ1) is 6.07. The molecule has 3 N–H and O–H groups in total. The van der Waals surface area contributed by atoms with Gasteiger partial charge in [0.25, 0.3) is 0 Å². The summed E-state index contributed by atoms with van der Waals surface area (Å²) in [5.41, 5.74) is 6.72. The molecule has 4 nitrogen and oxygen atoms in total. The fourth-order valence-electron chi connectivity index (χ4n) is 1.31. The minimum absolute atomic E-state index is 0.432. The van der Waals surface area contributed by atoms with Crippen molar-refractivity contribution in [1.82, 2.24) is 9.78 Å². The van der Waals surface area contributed by atoms with Crippen LogP contribution in [0, 0.1) is 6.92 Å². The van der Waals surface area contributed by atoms with Crippen LogP contribution in [0.4, 0.5) is 0 Å². The topological polar surface area (TPSA) is 64.1 Å². The van der Waals surface area contributed by atoms with Crippen LogP contribution >= 0.6 is 11.6 Å². The van der Waals surface area contributed by atoms with Crippen LogP contribution in [0.25, 0.3) is 0 Å². The van der Waals surface area contributed by atoms with E-state index >= 15 is 0 Å². The summed E-state index contributed by atoms with van der Waals surface area (Å²) in [7, 11) is 1.76. The van der Waals surface area contributed by atoms with Crippen molar-refractivity contribution in [3.05, 3.63) is 16.4 Å². The average Bonchev–Trinajstić information content (AvgIpc) is 2.27. The number of aliphatic hydroxyl groups excluding tert-OH is 1. The van der Waals surface area contributed by atoms with E-state index in [1.54, 1.807) is 18.7 Å². The molecular formula is C8H14ClN3O. The molecule has 0 aliphatic rings. The van der Waals surface area contributed by atoms with Crippen LogP contribution in [0.1, 0.15) is 23.9 Å². The Kier molecular flexibility index (Phi) is 3.30. The molecule has 0 fully saturated rings. The molecule has 74 valence electrons. The van der Waals surface area contributed by atoms with Crippen LogP contribution in [0.3, 0.4) is 0 Å². The first-order valence-corrected chi connectivity index (χ1v) is 4.52. The Morgan fingerprint density at radius 3 is 2.69 bits per heavy atom. The van der Waals surface area contributed by atoms with Crippen LogP contribution < -0.4 is 5.73 Å². The Bertz CT molecular complexity index is 298. The molecule has 1 heterocycles. The maximum atomic E-state index is 9.67. The molecule has 1 rings (SSSR count). The standard InChI is InChI=1S/C8H14ClN3O/c1-5-7(9)8(12(2)11-5)6(13)3-4-10/h6,13H,3-4,10H2,1-2H3. The summed E-state index contributed by atoms with van der Waals surface area (Å²) in [6, 6.07) is 0. The van der Waals surface area contributed by atoms with E-state index in [2.05, 4.69) is 5.10 Å². The molecule has 1 unspecified atom stereocenters. The zero-order chi connectivity index (χ0) is 10.0. The van der Waals surface area contributed by atoms with Gasteiger partial charge in [-0.05, 0) is 19.9 Å². The van der Waals surface area contributed by atoms with Crippen LogP contribution in [-0.4, -0.2) is 21.4 Å². The first kappa shape index (κ1) is 10.5. The normalized spacial score (nSPS) is 13.3. The Balaban J connectivity index is 2.98. The van der Waals surface area contributed by atoms with Crippen LogP contribution in [0.15, 0.2) is 0 Å². The summed E-state index contributed by atoms with van der Waals surface area (Å²) < 4.78 is 1.60. The van der Waals surface area contributed by atoms with Gasteiger partial charge < -0.3 is 10.8 Å². The molecule has 1 atom stereocenters. The fraction of sp³-hybridized carbons (Fsp3) is 0.625. The number of aryl methyl sites for hydroxylation is 2. The zero-order valence-electron chi connectivity index (χ0n) is 7.79. The minimum atomic E-state index is -0.622. The molecule has 0 radical (unpaired) electrons. The second kappa shape index (κ2) is 4.09. The third-order valence-corrected chi connectivity index (χ3v) is 2.41. The molecule has 1 aromatic rings. The maximum absolute atomic E-state index is 9.67. The van der Waals surface area contributed by atoms with Gasteiger partial charge in [0, 0.05) is 7.05 Å². The molecule has 0 aromatic carbocycles. The van der Waals surface area contributed by atoms with Crippen molar-refractivity contribution in [2.24, 2.45) is 12.8 Å². The van der Waals surface area contributed by atoms with E-state index in [0.29, 0.717) is 23.7 Å². The molecule has 0 bridgehead atoms. The highest BCUT2D eigenvalue weighted by Crippen LogP contribution is 2.26. The van der Waals surface area contributed by atoms with Gasteiger partial charge in [-0.1, -0.05) is 11.6 Å². The number of nitrogens with zero attached hydrogens (tertiary/aromatic N) is 2. The number of hydrogen-bond donors (Lipinski definition) is 2. The van der Waals surface area contributed by atoms with E-state index in [0.717, 1.165) is 5.69 Å². The Labute approximate surface area is 82.3 Å². The molecule has 0 spiro atoms. The van der Waals surface area contributed by atoms with E-state index < -0.39 is 6.10 Å². The van der Waals surface area contributed by atoms with Gasteiger partial charge in [0.15, 0.2) is 0 Å². The summed E-state index contributed by atoms with van der Waals surface area (Å²) >= 11 is 5.96. The lowest BCUT2D eigenvalue weighted by atomic mass is 10.2. The highest BCUT2D eigenvalue weighted by atomic mass is 35.5. The van der Waals surface area contributed by atoms with Gasteiger partial charge in [-0.2, -0.15) is 5.10 Å². The predicted octanol–water partition coefficient (Wildman–Crippen LogP) is 0.764. The molecule has 5 heteroatoms. The van der Waals surface area contributed by atoms with Gasteiger partial charge in [-0.15, -0.1) is 0 Å². The van der Waals surface area contributed by atoms with Gasteiger partial charge in [-0.3, -0.25) is 4.68 Å². The second-order valence-electron chi connectivity index (χ2n) is 3.00. The highest BCUT2D eigenvalue weighted by molar-refractivity contribution is 6.31. The zero-order valence-corrected chi connectivity index (χ0v) is 8.54. The molecule has 13 heavy (non-hydrogen) atoms. The van der Waals surface area contributed by atoms with Gasteiger partial charge >= 0.3 is 0 Å². The van der Waals surface area contributed by atoms with Crippen LogP contribution in [0.5, 0.6) is 0 Å². The van der Waals surface area contributed by atoms with Gasteiger partial charge in [0.05, 0.1) is 22.5 Å². The molecule has 0 saturated carbocycles. The Morgan fingerprint density at radius 2 is 2.31 bits per heavy atom. The van der Waals surface area contributed by atoms with Crippen LogP contribution in [-0.2, 0) is 7.05 Å². The predicted molar refractivity (Wildman–Crippen MR) is 51.6 cm³/mol. The van der Waals surface area contributed by atoms with Gasteiger partial charge in [0.1, 0.15) is 0 Å². The number of aliphatic hydroxyl groups is 1. The summed E-state index contributed by atoms with van der Waals surface area (Å²) in [5.74, 6) is 0. The van der Waals surface area contributed by atoms with Crippen molar-refractivity contribution >= 4 is 11.6 Å². The average molecular weight is 204 g/mol. The number of hydrogen-bond acceptors (Lipinski definition) is 3. The SMILES string of the molecule is Cc1nn(C)c(C(O)CCN)c1Cl.